The molecule has 0 aliphatic carbocycles. The molecule has 66 heavy (non-hydrogen) atoms. The monoisotopic (exact) mass is 841 g/mol. The van der Waals surface area contributed by atoms with Gasteiger partial charge in [0.15, 0.2) is 5.82 Å². The maximum atomic E-state index is 5.32. The SMILES string of the molecule is c1ccc(-c2cc(-c3ccccc3)c3ccc4ccc(-c5ccc(-c6cccc(-c7cc(-c8cccc(-c9ccnc%10ccccc9%10)c8)nc(-c8ccccc8)n7)c6)cc5)nc4c3n2)cc1. The summed E-state index contributed by atoms with van der Waals surface area (Å²) >= 11 is 0. The van der Waals surface area contributed by atoms with E-state index in [4.69, 9.17) is 19.9 Å². The average molecular weight is 842 g/mol. The molecule has 12 rings (SSSR count). The fraction of sp³-hybridized carbons (Fsp3) is 0. The van der Waals surface area contributed by atoms with Gasteiger partial charge in [0.2, 0.25) is 0 Å². The molecule has 0 radical (unpaired) electrons. The number of benzene rings is 8. The van der Waals surface area contributed by atoms with E-state index in [9.17, 15) is 0 Å². The van der Waals surface area contributed by atoms with Crippen molar-refractivity contribution in [3.05, 3.63) is 237 Å². The molecule has 0 unspecified atom stereocenters. The fourth-order valence-corrected chi connectivity index (χ4v) is 8.99. The molecule has 0 N–H and O–H groups in total. The predicted octanol–water partition coefficient (Wildman–Crippen LogP) is 15.5. The van der Waals surface area contributed by atoms with Crippen LogP contribution >= 0.6 is 0 Å². The van der Waals surface area contributed by atoms with Gasteiger partial charge in [-0.05, 0) is 75.8 Å². The highest BCUT2D eigenvalue weighted by atomic mass is 14.9. The molecule has 0 spiro atoms. The van der Waals surface area contributed by atoms with E-state index < -0.39 is 0 Å². The molecule has 5 heteroatoms. The van der Waals surface area contributed by atoms with Gasteiger partial charge in [-0.2, -0.15) is 0 Å². The normalized spacial score (nSPS) is 11.3. The lowest BCUT2D eigenvalue weighted by atomic mass is 9.96. The first-order chi connectivity index (χ1) is 32.7. The van der Waals surface area contributed by atoms with Crippen LogP contribution in [0.4, 0.5) is 0 Å². The number of para-hydroxylation sites is 1. The highest BCUT2D eigenvalue weighted by Gasteiger charge is 2.16. The van der Waals surface area contributed by atoms with Gasteiger partial charge in [0.1, 0.15) is 0 Å². The molecular weight excluding hydrogens is 803 g/mol. The summed E-state index contributed by atoms with van der Waals surface area (Å²) in [6, 6.07) is 80.3. The van der Waals surface area contributed by atoms with Crippen LogP contribution in [0.15, 0.2) is 237 Å². The minimum Gasteiger partial charge on any atom is -0.256 e. The third kappa shape index (κ3) is 7.34. The molecule has 0 aliphatic rings. The zero-order chi connectivity index (χ0) is 43.8. The van der Waals surface area contributed by atoms with Crippen molar-refractivity contribution in [2.24, 2.45) is 0 Å². The Morgan fingerprint density at radius 2 is 0.803 bits per heavy atom. The summed E-state index contributed by atoms with van der Waals surface area (Å²) in [5.41, 5.74) is 18.1. The number of aromatic nitrogens is 5. The van der Waals surface area contributed by atoms with Gasteiger partial charge in [-0.25, -0.2) is 19.9 Å². The first-order valence-electron chi connectivity index (χ1n) is 22.1. The van der Waals surface area contributed by atoms with Crippen molar-refractivity contribution in [2.75, 3.05) is 0 Å². The van der Waals surface area contributed by atoms with Crippen LogP contribution in [-0.4, -0.2) is 24.9 Å². The van der Waals surface area contributed by atoms with Crippen LogP contribution < -0.4 is 0 Å². The van der Waals surface area contributed by atoms with E-state index >= 15 is 0 Å². The zero-order valence-corrected chi connectivity index (χ0v) is 35.8. The van der Waals surface area contributed by atoms with Gasteiger partial charge in [-0.3, -0.25) is 4.98 Å². The zero-order valence-electron chi connectivity index (χ0n) is 35.8. The maximum absolute atomic E-state index is 5.32. The Kier molecular flexibility index (Phi) is 9.77. The second kappa shape index (κ2) is 16.6. The second-order valence-corrected chi connectivity index (χ2v) is 16.5. The highest BCUT2D eigenvalue weighted by Crippen LogP contribution is 2.37. The van der Waals surface area contributed by atoms with Gasteiger partial charge in [0.05, 0.1) is 39.3 Å². The van der Waals surface area contributed by atoms with Crippen LogP contribution in [0.1, 0.15) is 0 Å². The Bertz CT molecular complexity index is 3730. The van der Waals surface area contributed by atoms with Crippen LogP contribution in [0.25, 0.3) is 123 Å². The van der Waals surface area contributed by atoms with Gasteiger partial charge < -0.3 is 0 Å². The molecule has 0 saturated carbocycles. The molecule has 0 bridgehead atoms. The Hall–Kier alpha value is -8.93. The molecule has 5 nitrogen and oxygen atoms in total. The summed E-state index contributed by atoms with van der Waals surface area (Å²) in [6.45, 7) is 0. The highest BCUT2D eigenvalue weighted by molar-refractivity contribution is 6.09. The van der Waals surface area contributed by atoms with E-state index in [1.807, 2.05) is 36.5 Å². The molecule has 0 amide bonds. The number of rotatable bonds is 8. The summed E-state index contributed by atoms with van der Waals surface area (Å²) < 4.78 is 0. The van der Waals surface area contributed by atoms with Gasteiger partial charge in [-0.1, -0.05) is 188 Å². The third-order valence-corrected chi connectivity index (χ3v) is 12.3. The van der Waals surface area contributed by atoms with E-state index in [0.717, 1.165) is 117 Å². The van der Waals surface area contributed by atoms with E-state index in [1.54, 1.807) is 0 Å². The van der Waals surface area contributed by atoms with Gasteiger partial charge in [0.25, 0.3) is 0 Å². The molecule has 4 aromatic heterocycles. The lowest BCUT2D eigenvalue weighted by molar-refractivity contribution is 1.18. The van der Waals surface area contributed by atoms with Crippen LogP contribution in [0, 0.1) is 0 Å². The molecule has 0 saturated heterocycles. The minimum absolute atomic E-state index is 0.677. The molecule has 0 fully saturated rings. The van der Waals surface area contributed by atoms with Crippen molar-refractivity contribution >= 4 is 32.7 Å². The van der Waals surface area contributed by atoms with Crippen molar-refractivity contribution in [3.8, 4) is 89.8 Å². The van der Waals surface area contributed by atoms with E-state index in [-0.39, 0.29) is 0 Å². The quantitative estimate of drug-likeness (QED) is 0.143. The summed E-state index contributed by atoms with van der Waals surface area (Å²) in [6.07, 6.45) is 1.88. The van der Waals surface area contributed by atoms with Crippen molar-refractivity contribution in [3.63, 3.8) is 0 Å². The summed E-state index contributed by atoms with van der Waals surface area (Å²) in [5, 5.41) is 3.24. The maximum Gasteiger partial charge on any atom is 0.160 e. The second-order valence-electron chi connectivity index (χ2n) is 16.5. The number of fused-ring (bicyclic) bond motifs is 4. The lowest BCUT2D eigenvalue weighted by Gasteiger charge is -2.13. The van der Waals surface area contributed by atoms with E-state index in [2.05, 4.69) is 205 Å². The molecule has 0 atom stereocenters. The Morgan fingerprint density at radius 3 is 1.55 bits per heavy atom. The van der Waals surface area contributed by atoms with Gasteiger partial charge >= 0.3 is 0 Å². The average Bonchev–Trinajstić information content (AvgIpc) is 3.41. The fourth-order valence-electron chi connectivity index (χ4n) is 8.99. The Morgan fingerprint density at radius 1 is 0.258 bits per heavy atom. The first kappa shape index (κ1) is 38.7. The van der Waals surface area contributed by atoms with Crippen molar-refractivity contribution in [1.82, 2.24) is 24.9 Å². The lowest BCUT2D eigenvalue weighted by Crippen LogP contribution is -1.96. The summed E-state index contributed by atoms with van der Waals surface area (Å²) in [4.78, 5) is 25.5. The molecule has 308 valence electrons. The largest absolute Gasteiger partial charge is 0.256 e. The molecule has 4 heterocycles. The Labute approximate surface area is 382 Å². The smallest absolute Gasteiger partial charge is 0.160 e. The minimum atomic E-state index is 0.677. The van der Waals surface area contributed by atoms with Gasteiger partial charge in [-0.15, -0.1) is 0 Å². The van der Waals surface area contributed by atoms with Crippen molar-refractivity contribution in [2.45, 2.75) is 0 Å². The van der Waals surface area contributed by atoms with Crippen LogP contribution in [0.2, 0.25) is 0 Å². The van der Waals surface area contributed by atoms with E-state index in [1.165, 1.54) is 0 Å². The van der Waals surface area contributed by atoms with Crippen LogP contribution in [0.3, 0.4) is 0 Å². The predicted molar refractivity (Wildman–Crippen MR) is 271 cm³/mol. The van der Waals surface area contributed by atoms with Crippen LogP contribution in [0.5, 0.6) is 0 Å². The molecule has 0 aliphatic heterocycles. The first-order valence-corrected chi connectivity index (χ1v) is 22.1. The summed E-state index contributed by atoms with van der Waals surface area (Å²) in [5.74, 6) is 0.677. The molecule has 8 aromatic carbocycles. The molecule has 12 aromatic rings. The van der Waals surface area contributed by atoms with Crippen LogP contribution in [-0.2, 0) is 0 Å². The number of pyridine rings is 3. The van der Waals surface area contributed by atoms with E-state index in [0.29, 0.717) is 5.82 Å². The topological polar surface area (TPSA) is 64.5 Å². The number of hydrogen-bond acceptors (Lipinski definition) is 5. The van der Waals surface area contributed by atoms with Crippen molar-refractivity contribution in [1.29, 1.82) is 0 Å². The number of nitrogens with zero attached hydrogens (tertiary/aromatic N) is 5. The number of hydrogen-bond donors (Lipinski definition) is 0. The van der Waals surface area contributed by atoms with Crippen molar-refractivity contribution < 1.29 is 0 Å². The third-order valence-electron chi connectivity index (χ3n) is 12.3. The molecular formula is C61H39N5. The summed E-state index contributed by atoms with van der Waals surface area (Å²) in [7, 11) is 0. The standard InChI is InChI=1S/C61H39N5/c1-4-14-41(15-5-1)53-38-56(42-16-6-2-7-17-42)64-60-52(53)32-30-44-31-33-54(63-59(44)60)43-28-26-40(27-29-43)46-20-12-22-48(36-46)57-39-58(66-61(65-57)45-18-8-3-9-19-45)49-23-13-21-47(37-49)50-34-35-62-55-25-11-10-24-51(50)55/h1-39H. The van der Waals surface area contributed by atoms with Gasteiger partial charge in [0, 0.05) is 50.2 Å². The Balaban J connectivity index is 0.905.